The first-order chi connectivity index (χ1) is 8.54. The van der Waals surface area contributed by atoms with Gasteiger partial charge in [-0.1, -0.05) is 0 Å². The predicted molar refractivity (Wildman–Crippen MR) is 70.7 cm³/mol. The van der Waals surface area contributed by atoms with Gasteiger partial charge in [0.2, 0.25) is 0 Å². The molecular weight excluding hydrogens is 228 g/mol. The lowest BCUT2D eigenvalue weighted by atomic mass is 10.1. The average molecular weight is 250 g/mol. The Hall–Kier alpha value is -1.13. The molecule has 1 saturated heterocycles. The minimum Gasteiger partial charge on any atom is -0.486 e. The number of nitrogens with one attached hydrogen (secondary N) is 1. The minimum atomic E-state index is 0.0943. The molecule has 0 amide bonds. The van der Waals surface area contributed by atoms with E-state index in [0.717, 1.165) is 30.9 Å². The zero-order valence-electron chi connectivity index (χ0n) is 11.4. The number of pyridine rings is 1. The first-order valence-electron chi connectivity index (χ1n) is 6.47. The van der Waals surface area contributed by atoms with Gasteiger partial charge in [0.15, 0.2) is 0 Å². The Bertz CT molecular complexity index is 382. The van der Waals surface area contributed by atoms with Crippen molar-refractivity contribution in [1.29, 1.82) is 0 Å². The summed E-state index contributed by atoms with van der Waals surface area (Å²) in [6.45, 7) is 8.72. The highest BCUT2D eigenvalue weighted by molar-refractivity contribution is 5.30. The van der Waals surface area contributed by atoms with Crippen LogP contribution in [0.5, 0.6) is 5.75 Å². The lowest BCUT2D eigenvalue weighted by Crippen LogP contribution is -2.35. The number of ether oxygens (including phenoxy) is 2. The van der Waals surface area contributed by atoms with Gasteiger partial charge in [0.1, 0.15) is 11.9 Å². The molecule has 0 spiro atoms. The van der Waals surface area contributed by atoms with Crippen LogP contribution in [0.2, 0.25) is 0 Å². The first-order valence-corrected chi connectivity index (χ1v) is 6.47. The van der Waals surface area contributed by atoms with Crippen LogP contribution in [0, 0.1) is 0 Å². The van der Waals surface area contributed by atoms with E-state index in [1.54, 1.807) is 12.4 Å². The lowest BCUT2D eigenvalue weighted by Gasteiger charge is -2.22. The first kappa shape index (κ1) is 13.3. The van der Waals surface area contributed by atoms with E-state index in [2.05, 4.69) is 31.1 Å². The van der Waals surface area contributed by atoms with Crippen molar-refractivity contribution in [2.75, 3.05) is 13.2 Å². The van der Waals surface area contributed by atoms with Crippen LogP contribution in [-0.4, -0.2) is 29.8 Å². The van der Waals surface area contributed by atoms with Gasteiger partial charge >= 0.3 is 0 Å². The molecule has 0 bridgehead atoms. The molecule has 1 atom stereocenters. The fourth-order valence-corrected chi connectivity index (χ4v) is 1.81. The molecule has 0 radical (unpaired) electrons. The fourth-order valence-electron chi connectivity index (χ4n) is 1.81. The second-order valence-corrected chi connectivity index (χ2v) is 5.69. The third kappa shape index (κ3) is 3.96. The van der Waals surface area contributed by atoms with E-state index >= 15 is 0 Å². The molecule has 18 heavy (non-hydrogen) atoms. The Labute approximate surface area is 109 Å². The molecule has 0 aromatic carbocycles. The van der Waals surface area contributed by atoms with Crippen molar-refractivity contribution in [3.8, 4) is 5.75 Å². The van der Waals surface area contributed by atoms with Gasteiger partial charge in [-0.05, 0) is 26.8 Å². The highest BCUT2D eigenvalue weighted by atomic mass is 16.5. The molecule has 1 aliphatic rings. The van der Waals surface area contributed by atoms with Gasteiger partial charge in [0.25, 0.3) is 0 Å². The molecule has 4 heteroatoms. The number of nitrogens with zero attached hydrogens (tertiary/aromatic N) is 1. The Kier molecular flexibility index (Phi) is 4.19. The van der Waals surface area contributed by atoms with Gasteiger partial charge in [0.05, 0.1) is 19.4 Å². The molecule has 0 saturated carbocycles. The zero-order chi connectivity index (χ0) is 13.0. The molecular formula is C14H22N2O2. The van der Waals surface area contributed by atoms with Crippen LogP contribution in [0.1, 0.15) is 32.8 Å². The second-order valence-electron chi connectivity index (χ2n) is 5.69. The van der Waals surface area contributed by atoms with Gasteiger partial charge < -0.3 is 14.8 Å². The van der Waals surface area contributed by atoms with Crippen LogP contribution in [-0.2, 0) is 11.3 Å². The summed E-state index contributed by atoms with van der Waals surface area (Å²) < 4.78 is 11.3. The van der Waals surface area contributed by atoms with Gasteiger partial charge in [-0.15, -0.1) is 0 Å². The van der Waals surface area contributed by atoms with Crippen LogP contribution in [0.4, 0.5) is 0 Å². The van der Waals surface area contributed by atoms with Crippen molar-refractivity contribution in [3.63, 3.8) is 0 Å². The Morgan fingerprint density at radius 3 is 3.00 bits per heavy atom. The van der Waals surface area contributed by atoms with Crippen LogP contribution >= 0.6 is 0 Å². The van der Waals surface area contributed by atoms with Gasteiger partial charge in [0, 0.05) is 30.3 Å². The summed E-state index contributed by atoms with van der Waals surface area (Å²) in [5.41, 5.74) is 1.24. The molecule has 100 valence electrons. The molecule has 2 rings (SSSR count). The van der Waals surface area contributed by atoms with E-state index in [1.165, 1.54) is 0 Å². The van der Waals surface area contributed by atoms with Crippen molar-refractivity contribution in [1.82, 2.24) is 10.3 Å². The van der Waals surface area contributed by atoms with Gasteiger partial charge in [-0.25, -0.2) is 0 Å². The summed E-state index contributed by atoms with van der Waals surface area (Å²) in [4.78, 5) is 4.14. The summed E-state index contributed by atoms with van der Waals surface area (Å²) in [6.07, 6.45) is 4.72. The maximum atomic E-state index is 5.94. The lowest BCUT2D eigenvalue weighted by molar-refractivity contribution is 0.140. The smallest absolute Gasteiger partial charge is 0.142 e. The largest absolute Gasteiger partial charge is 0.486 e. The summed E-state index contributed by atoms with van der Waals surface area (Å²) in [5.74, 6) is 0.866. The molecule has 1 unspecified atom stereocenters. The van der Waals surface area contributed by atoms with Crippen LogP contribution in [0.25, 0.3) is 0 Å². The zero-order valence-corrected chi connectivity index (χ0v) is 11.4. The Balaban J connectivity index is 2.00. The number of rotatable bonds is 4. The number of aromatic nitrogens is 1. The summed E-state index contributed by atoms with van der Waals surface area (Å²) >= 11 is 0. The molecule has 0 aliphatic carbocycles. The summed E-state index contributed by atoms with van der Waals surface area (Å²) in [5, 5.41) is 3.46. The second kappa shape index (κ2) is 5.67. The third-order valence-electron chi connectivity index (χ3n) is 2.86. The fraction of sp³-hybridized carbons (Fsp3) is 0.643. The van der Waals surface area contributed by atoms with Crippen molar-refractivity contribution in [2.45, 2.75) is 45.4 Å². The molecule has 1 aromatic rings. The third-order valence-corrected chi connectivity index (χ3v) is 2.86. The number of hydrogen-bond donors (Lipinski definition) is 1. The summed E-state index contributed by atoms with van der Waals surface area (Å²) in [6, 6.07) is 2.00. The van der Waals surface area contributed by atoms with E-state index in [-0.39, 0.29) is 11.6 Å². The van der Waals surface area contributed by atoms with E-state index in [0.29, 0.717) is 6.61 Å². The van der Waals surface area contributed by atoms with Gasteiger partial charge in [-0.2, -0.15) is 0 Å². The predicted octanol–water partition coefficient (Wildman–Crippen LogP) is 2.14. The Morgan fingerprint density at radius 1 is 1.50 bits per heavy atom. The van der Waals surface area contributed by atoms with E-state index < -0.39 is 0 Å². The average Bonchev–Trinajstić information content (AvgIpc) is 2.80. The quantitative estimate of drug-likeness (QED) is 0.889. The minimum absolute atomic E-state index is 0.0943. The van der Waals surface area contributed by atoms with E-state index in [1.807, 2.05) is 6.07 Å². The molecule has 1 fully saturated rings. The van der Waals surface area contributed by atoms with Crippen LogP contribution in [0.3, 0.4) is 0 Å². The maximum Gasteiger partial charge on any atom is 0.142 e. The molecule has 4 nitrogen and oxygen atoms in total. The SMILES string of the molecule is CC(C)(C)NCc1ccncc1OC1CCOC1. The van der Waals surface area contributed by atoms with Crippen molar-refractivity contribution in [3.05, 3.63) is 24.0 Å². The standard InChI is InChI=1S/C14H22N2O2/c1-14(2,3)16-8-11-4-6-15-9-13(11)18-12-5-7-17-10-12/h4,6,9,12,16H,5,7-8,10H2,1-3H3. The van der Waals surface area contributed by atoms with Gasteiger partial charge in [-0.3, -0.25) is 4.98 Å². The van der Waals surface area contributed by atoms with Crippen molar-refractivity contribution < 1.29 is 9.47 Å². The Morgan fingerprint density at radius 2 is 2.33 bits per heavy atom. The highest BCUT2D eigenvalue weighted by Gasteiger charge is 2.19. The normalized spacial score (nSPS) is 20.1. The van der Waals surface area contributed by atoms with Crippen molar-refractivity contribution in [2.24, 2.45) is 0 Å². The molecule has 1 N–H and O–H groups in total. The van der Waals surface area contributed by atoms with Crippen LogP contribution in [0.15, 0.2) is 18.5 Å². The van der Waals surface area contributed by atoms with Crippen LogP contribution < -0.4 is 10.1 Å². The summed E-state index contributed by atoms with van der Waals surface area (Å²) in [7, 11) is 0. The molecule has 2 heterocycles. The monoisotopic (exact) mass is 250 g/mol. The maximum absolute atomic E-state index is 5.94. The van der Waals surface area contributed by atoms with Crippen molar-refractivity contribution >= 4 is 0 Å². The molecule has 1 aliphatic heterocycles. The van der Waals surface area contributed by atoms with E-state index in [4.69, 9.17) is 9.47 Å². The highest BCUT2D eigenvalue weighted by Crippen LogP contribution is 2.21. The molecule has 1 aromatic heterocycles. The van der Waals surface area contributed by atoms with E-state index in [9.17, 15) is 0 Å². The topological polar surface area (TPSA) is 43.4 Å². The number of hydrogen-bond acceptors (Lipinski definition) is 4.